The third kappa shape index (κ3) is 3.60. The number of nitrogens with one attached hydrogen (secondary N) is 1. The van der Waals surface area contributed by atoms with Crippen molar-refractivity contribution in [2.75, 3.05) is 19.0 Å². The maximum Gasteiger partial charge on any atom is 0.264 e. The Hall–Kier alpha value is -2.31. The van der Waals surface area contributed by atoms with Crippen molar-refractivity contribution in [3.05, 3.63) is 47.0 Å². The highest BCUT2D eigenvalue weighted by molar-refractivity contribution is 7.23. The van der Waals surface area contributed by atoms with Crippen molar-refractivity contribution < 1.29 is 14.3 Å². The SMILES string of the molecule is COc1ccc(Cl)c2sc(NC(=O)COc3ccc(C)cc3)nc12. The Morgan fingerprint density at radius 1 is 1.25 bits per heavy atom. The lowest BCUT2D eigenvalue weighted by Crippen LogP contribution is -2.19. The second-order valence-corrected chi connectivity index (χ2v) is 6.50. The van der Waals surface area contributed by atoms with Crippen LogP contribution in [0.15, 0.2) is 36.4 Å². The van der Waals surface area contributed by atoms with E-state index in [1.165, 1.54) is 11.3 Å². The number of amides is 1. The molecule has 1 aromatic heterocycles. The van der Waals surface area contributed by atoms with Gasteiger partial charge < -0.3 is 9.47 Å². The molecule has 5 nitrogen and oxygen atoms in total. The van der Waals surface area contributed by atoms with Crippen molar-refractivity contribution in [2.24, 2.45) is 0 Å². The number of carbonyl (C=O) groups excluding carboxylic acids is 1. The molecule has 0 atom stereocenters. The summed E-state index contributed by atoms with van der Waals surface area (Å²) < 4.78 is 11.5. The minimum absolute atomic E-state index is 0.0934. The lowest BCUT2D eigenvalue weighted by atomic mass is 10.2. The Kier molecular flexibility index (Phi) is 4.87. The molecule has 7 heteroatoms. The van der Waals surface area contributed by atoms with Gasteiger partial charge in [-0.2, -0.15) is 0 Å². The van der Waals surface area contributed by atoms with Crippen LogP contribution in [-0.4, -0.2) is 24.6 Å². The average Bonchev–Trinajstić information content (AvgIpc) is 2.99. The zero-order valence-electron chi connectivity index (χ0n) is 13.1. The van der Waals surface area contributed by atoms with Crippen LogP contribution in [0.5, 0.6) is 11.5 Å². The van der Waals surface area contributed by atoms with Gasteiger partial charge in [-0.3, -0.25) is 10.1 Å². The van der Waals surface area contributed by atoms with Gasteiger partial charge in [0.25, 0.3) is 5.91 Å². The van der Waals surface area contributed by atoms with E-state index in [1.807, 2.05) is 31.2 Å². The second kappa shape index (κ2) is 7.07. The van der Waals surface area contributed by atoms with E-state index in [4.69, 9.17) is 21.1 Å². The van der Waals surface area contributed by atoms with E-state index in [9.17, 15) is 4.79 Å². The van der Waals surface area contributed by atoms with Crippen molar-refractivity contribution in [1.82, 2.24) is 4.98 Å². The third-order valence-corrected chi connectivity index (χ3v) is 4.75. The van der Waals surface area contributed by atoms with Crippen molar-refractivity contribution in [1.29, 1.82) is 0 Å². The van der Waals surface area contributed by atoms with E-state index in [0.717, 1.165) is 10.3 Å². The fourth-order valence-corrected chi connectivity index (χ4v) is 3.28. The Labute approximate surface area is 148 Å². The number of hydrogen-bond donors (Lipinski definition) is 1. The first-order valence-corrected chi connectivity index (χ1v) is 8.38. The molecule has 0 saturated heterocycles. The average molecular weight is 363 g/mol. The first-order valence-electron chi connectivity index (χ1n) is 7.19. The molecular weight excluding hydrogens is 348 g/mol. The zero-order valence-corrected chi connectivity index (χ0v) is 14.7. The topological polar surface area (TPSA) is 60.5 Å². The summed E-state index contributed by atoms with van der Waals surface area (Å²) in [5.41, 5.74) is 1.76. The van der Waals surface area contributed by atoms with Crippen LogP contribution in [0.1, 0.15) is 5.56 Å². The van der Waals surface area contributed by atoms with E-state index < -0.39 is 0 Å². The number of halogens is 1. The molecule has 0 saturated carbocycles. The maximum atomic E-state index is 12.0. The molecule has 0 aliphatic rings. The first kappa shape index (κ1) is 16.5. The number of ether oxygens (including phenoxy) is 2. The zero-order chi connectivity index (χ0) is 17.1. The van der Waals surface area contributed by atoms with Crippen LogP contribution in [-0.2, 0) is 4.79 Å². The van der Waals surface area contributed by atoms with Crippen LogP contribution >= 0.6 is 22.9 Å². The quantitative estimate of drug-likeness (QED) is 0.735. The monoisotopic (exact) mass is 362 g/mol. The molecular formula is C17H15ClN2O3S. The maximum absolute atomic E-state index is 12.0. The number of aromatic nitrogens is 1. The van der Waals surface area contributed by atoms with E-state index in [1.54, 1.807) is 19.2 Å². The summed E-state index contributed by atoms with van der Waals surface area (Å²) in [5.74, 6) is 0.969. The fourth-order valence-electron chi connectivity index (χ4n) is 2.11. The Bertz CT molecular complexity index is 877. The number of carbonyl (C=O) groups is 1. The molecule has 0 aliphatic heterocycles. The number of fused-ring (bicyclic) bond motifs is 1. The van der Waals surface area contributed by atoms with Crippen LogP contribution in [0.4, 0.5) is 5.13 Å². The second-order valence-electron chi connectivity index (χ2n) is 5.10. The Morgan fingerprint density at radius 3 is 2.71 bits per heavy atom. The van der Waals surface area contributed by atoms with Crippen molar-refractivity contribution in [2.45, 2.75) is 6.92 Å². The molecule has 1 heterocycles. The molecule has 3 rings (SSSR count). The summed E-state index contributed by atoms with van der Waals surface area (Å²) in [5, 5.41) is 3.74. The van der Waals surface area contributed by atoms with E-state index in [0.29, 0.717) is 27.2 Å². The van der Waals surface area contributed by atoms with Gasteiger partial charge >= 0.3 is 0 Å². The predicted octanol–water partition coefficient (Wildman–Crippen LogP) is 4.28. The number of thiazole rings is 1. The fraction of sp³-hybridized carbons (Fsp3) is 0.176. The lowest BCUT2D eigenvalue weighted by molar-refractivity contribution is -0.118. The van der Waals surface area contributed by atoms with Gasteiger partial charge in [-0.1, -0.05) is 40.6 Å². The summed E-state index contributed by atoms with van der Waals surface area (Å²) >= 11 is 7.46. The third-order valence-electron chi connectivity index (χ3n) is 3.32. The molecule has 1 amide bonds. The molecule has 124 valence electrons. The summed E-state index contributed by atoms with van der Waals surface area (Å²) in [6.45, 7) is 1.90. The number of nitrogens with zero attached hydrogens (tertiary/aromatic N) is 1. The van der Waals surface area contributed by atoms with E-state index >= 15 is 0 Å². The Balaban J connectivity index is 1.69. The van der Waals surface area contributed by atoms with Gasteiger partial charge in [0.15, 0.2) is 11.7 Å². The van der Waals surface area contributed by atoms with Crippen molar-refractivity contribution in [3.63, 3.8) is 0 Å². The van der Waals surface area contributed by atoms with Gasteiger partial charge in [-0.15, -0.1) is 0 Å². The highest BCUT2D eigenvalue weighted by Crippen LogP contribution is 2.37. The van der Waals surface area contributed by atoms with Crippen LogP contribution in [0.3, 0.4) is 0 Å². The van der Waals surface area contributed by atoms with Crippen LogP contribution in [0.2, 0.25) is 5.02 Å². The van der Waals surface area contributed by atoms with Gasteiger partial charge in [0.2, 0.25) is 0 Å². The van der Waals surface area contributed by atoms with E-state index in [2.05, 4.69) is 10.3 Å². The van der Waals surface area contributed by atoms with E-state index in [-0.39, 0.29) is 12.5 Å². The number of rotatable bonds is 5. The van der Waals surface area contributed by atoms with Gasteiger partial charge in [-0.05, 0) is 31.2 Å². The summed E-state index contributed by atoms with van der Waals surface area (Å²) in [7, 11) is 1.57. The predicted molar refractivity (Wildman–Crippen MR) is 96.5 cm³/mol. The Morgan fingerprint density at radius 2 is 2.00 bits per heavy atom. The van der Waals surface area contributed by atoms with Gasteiger partial charge in [-0.25, -0.2) is 4.98 Å². The number of aryl methyl sites for hydroxylation is 1. The van der Waals surface area contributed by atoms with Gasteiger partial charge in [0.05, 0.1) is 16.8 Å². The lowest BCUT2D eigenvalue weighted by Gasteiger charge is -2.05. The first-order chi connectivity index (χ1) is 11.6. The molecule has 0 fully saturated rings. The van der Waals surface area contributed by atoms with Gasteiger partial charge in [0.1, 0.15) is 17.0 Å². The normalized spacial score (nSPS) is 10.6. The standard InChI is InChI=1S/C17H15ClN2O3S/c1-10-3-5-11(6-4-10)23-9-14(21)19-17-20-15-13(22-2)8-7-12(18)16(15)24-17/h3-8H,9H2,1-2H3,(H,19,20,21). The molecule has 0 radical (unpaired) electrons. The minimum Gasteiger partial charge on any atom is -0.494 e. The van der Waals surface area contributed by atoms with Crippen molar-refractivity contribution >= 4 is 44.2 Å². The molecule has 0 unspecified atom stereocenters. The molecule has 0 aliphatic carbocycles. The molecule has 1 N–H and O–H groups in total. The molecule has 0 bridgehead atoms. The summed E-state index contributed by atoms with van der Waals surface area (Å²) in [4.78, 5) is 16.4. The van der Waals surface area contributed by atoms with Crippen LogP contribution in [0.25, 0.3) is 10.2 Å². The smallest absolute Gasteiger partial charge is 0.264 e. The minimum atomic E-state index is -0.287. The molecule has 0 spiro atoms. The van der Waals surface area contributed by atoms with Crippen LogP contribution in [0, 0.1) is 6.92 Å². The summed E-state index contributed by atoms with van der Waals surface area (Å²) in [6.07, 6.45) is 0. The molecule has 3 aromatic rings. The number of anilines is 1. The largest absolute Gasteiger partial charge is 0.494 e. The van der Waals surface area contributed by atoms with Crippen molar-refractivity contribution in [3.8, 4) is 11.5 Å². The number of benzene rings is 2. The van der Waals surface area contributed by atoms with Gasteiger partial charge in [0, 0.05) is 0 Å². The summed E-state index contributed by atoms with van der Waals surface area (Å²) in [6, 6.07) is 11.0. The highest BCUT2D eigenvalue weighted by atomic mass is 35.5. The molecule has 24 heavy (non-hydrogen) atoms. The molecule has 2 aromatic carbocycles. The number of hydrogen-bond acceptors (Lipinski definition) is 5. The van der Waals surface area contributed by atoms with Crippen LogP contribution < -0.4 is 14.8 Å². The highest BCUT2D eigenvalue weighted by Gasteiger charge is 2.14. The number of methoxy groups -OCH3 is 1.